The third kappa shape index (κ3) is 7.69. The number of halogens is 4. The lowest BCUT2D eigenvalue weighted by atomic mass is 10.3. The lowest BCUT2D eigenvalue weighted by Gasteiger charge is -2.08. The maximum Gasteiger partial charge on any atom is 0.389 e. The SMILES string of the molecule is O=C(CNCCCC(F)(F)F)Nc1ccc(Cl)cc1. The summed E-state index contributed by atoms with van der Waals surface area (Å²) in [6, 6.07) is 6.55. The second-order valence-electron chi connectivity index (χ2n) is 3.95. The predicted molar refractivity (Wildman–Crippen MR) is 68.2 cm³/mol. The molecular weight excluding hydrogens is 281 g/mol. The van der Waals surface area contributed by atoms with Crippen LogP contribution in [0.4, 0.5) is 18.9 Å². The first-order valence-corrected chi connectivity index (χ1v) is 6.07. The largest absolute Gasteiger partial charge is 0.389 e. The molecule has 7 heteroatoms. The summed E-state index contributed by atoms with van der Waals surface area (Å²) < 4.78 is 35.5. The number of amides is 1. The Hall–Kier alpha value is -1.27. The number of anilines is 1. The van der Waals surface area contributed by atoms with Crippen LogP contribution in [0.15, 0.2) is 24.3 Å². The molecule has 0 aliphatic heterocycles. The number of hydrogen-bond acceptors (Lipinski definition) is 2. The van der Waals surface area contributed by atoms with Crippen LogP contribution in [0, 0.1) is 0 Å². The van der Waals surface area contributed by atoms with Crippen molar-refractivity contribution >= 4 is 23.2 Å². The third-order valence-corrected chi connectivity index (χ3v) is 2.48. The van der Waals surface area contributed by atoms with Crippen LogP contribution in [-0.2, 0) is 4.79 Å². The topological polar surface area (TPSA) is 41.1 Å². The standard InChI is InChI=1S/C12H14ClF3N2O/c13-9-2-4-10(5-3-9)18-11(19)8-17-7-1-6-12(14,15)16/h2-5,17H,1,6-8H2,(H,18,19). The monoisotopic (exact) mass is 294 g/mol. The Kier molecular flexibility index (Phi) is 6.11. The number of alkyl halides is 3. The number of benzene rings is 1. The number of nitrogens with one attached hydrogen (secondary N) is 2. The highest BCUT2D eigenvalue weighted by atomic mass is 35.5. The van der Waals surface area contributed by atoms with Crippen molar-refractivity contribution < 1.29 is 18.0 Å². The van der Waals surface area contributed by atoms with Gasteiger partial charge in [0.1, 0.15) is 0 Å². The molecule has 0 heterocycles. The molecule has 0 saturated carbocycles. The van der Waals surface area contributed by atoms with Gasteiger partial charge in [-0.1, -0.05) is 11.6 Å². The van der Waals surface area contributed by atoms with Gasteiger partial charge < -0.3 is 10.6 Å². The Bertz CT molecular complexity index is 406. The Morgan fingerprint density at radius 1 is 1.21 bits per heavy atom. The van der Waals surface area contributed by atoms with Crippen molar-refractivity contribution in [1.82, 2.24) is 5.32 Å². The van der Waals surface area contributed by atoms with Gasteiger partial charge in [0, 0.05) is 17.1 Å². The van der Waals surface area contributed by atoms with E-state index in [1.54, 1.807) is 24.3 Å². The molecule has 1 amide bonds. The molecule has 106 valence electrons. The summed E-state index contributed by atoms with van der Waals surface area (Å²) in [5.41, 5.74) is 0.589. The number of rotatable bonds is 6. The molecule has 1 aromatic rings. The molecular formula is C12H14ClF3N2O. The summed E-state index contributed by atoms with van der Waals surface area (Å²) in [7, 11) is 0. The summed E-state index contributed by atoms with van der Waals surface area (Å²) in [4.78, 5) is 11.4. The van der Waals surface area contributed by atoms with Crippen molar-refractivity contribution in [1.29, 1.82) is 0 Å². The molecule has 0 aliphatic rings. The van der Waals surface area contributed by atoms with Gasteiger partial charge >= 0.3 is 6.18 Å². The van der Waals surface area contributed by atoms with Gasteiger partial charge in [0.15, 0.2) is 0 Å². The molecule has 0 aromatic heterocycles. The number of carbonyl (C=O) groups excluding carboxylic acids is 1. The highest BCUT2D eigenvalue weighted by Crippen LogP contribution is 2.20. The highest BCUT2D eigenvalue weighted by molar-refractivity contribution is 6.30. The van der Waals surface area contributed by atoms with Crippen LogP contribution in [0.5, 0.6) is 0 Å². The molecule has 2 N–H and O–H groups in total. The van der Waals surface area contributed by atoms with Crippen LogP contribution in [0.3, 0.4) is 0 Å². The zero-order chi connectivity index (χ0) is 14.3. The molecule has 0 atom stereocenters. The van der Waals surface area contributed by atoms with E-state index in [-0.39, 0.29) is 25.4 Å². The smallest absolute Gasteiger partial charge is 0.325 e. The molecule has 1 aromatic carbocycles. The van der Waals surface area contributed by atoms with Crippen LogP contribution in [0.25, 0.3) is 0 Å². The van der Waals surface area contributed by atoms with Crippen molar-refractivity contribution in [3.63, 3.8) is 0 Å². The fraction of sp³-hybridized carbons (Fsp3) is 0.417. The van der Waals surface area contributed by atoms with Crippen LogP contribution in [-0.4, -0.2) is 25.2 Å². The molecule has 3 nitrogen and oxygen atoms in total. The predicted octanol–water partition coefficient (Wildman–Crippen LogP) is 3.21. The van der Waals surface area contributed by atoms with Gasteiger partial charge in [0.25, 0.3) is 0 Å². The Morgan fingerprint density at radius 2 is 1.84 bits per heavy atom. The quantitative estimate of drug-likeness (QED) is 0.791. The lowest BCUT2D eigenvalue weighted by Crippen LogP contribution is -2.29. The van der Waals surface area contributed by atoms with Gasteiger partial charge in [-0.2, -0.15) is 13.2 Å². The second-order valence-corrected chi connectivity index (χ2v) is 4.39. The van der Waals surface area contributed by atoms with Gasteiger partial charge in [-0.25, -0.2) is 0 Å². The minimum absolute atomic E-state index is 0.0273. The summed E-state index contributed by atoms with van der Waals surface area (Å²) in [6.45, 7) is 0.119. The van der Waals surface area contributed by atoms with E-state index in [9.17, 15) is 18.0 Å². The first-order valence-electron chi connectivity index (χ1n) is 5.70. The van der Waals surface area contributed by atoms with E-state index >= 15 is 0 Å². The van der Waals surface area contributed by atoms with Crippen molar-refractivity contribution in [2.45, 2.75) is 19.0 Å². The van der Waals surface area contributed by atoms with Gasteiger partial charge in [0.2, 0.25) is 5.91 Å². The van der Waals surface area contributed by atoms with Crippen molar-refractivity contribution in [2.24, 2.45) is 0 Å². The minimum atomic E-state index is -4.15. The summed E-state index contributed by atoms with van der Waals surface area (Å²) >= 11 is 5.69. The van der Waals surface area contributed by atoms with Crippen molar-refractivity contribution in [2.75, 3.05) is 18.4 Å². The first kappa shape index (κ1) is 15.8. The van der Waals surface area contributed by atoms with E-state index in [4.69, 9.17) is 11.6 Å². The average molecular weight is 295 g/mol. The molecule has 0 spiro atoms. The van der Waals surface area contributed by atoms with Crippen LogP contribution in [0.2, 0.25) is 5.02 Å². The first-order chi connectivity index (χ1) is 8.87. The van der Waals surface area contributed by atoms with E-state index in [1.807, 2.05) is 0 Å². The van der Waals surface area contributed by atoms with Crippen molar-refractivity contribution in [3.8, 4) is 0 Å². The van der Waals surface area contributed by atoms with Gasteiger partial charge in [-0.05, 0) is 37.2 Å². The van der Waals surface area contributed by atoms with E-state index in [0.717, 1.165) is 0 Å². The van der Waals surface area contributed by atoms with Gasteiger partial charge in [0.05, 0.1) is 6.54 Å². The molecule has 0 aliphatic carbocycles. The molecule has 0 saturated heterocycles. The maximum absolute atomic E-state index is 11.8. The van der Waals surface area contributed by atoms with Gasteiger partial charge in [-0.15, -0.1) is 0 Å². The average Bonchev–Trinajstić information content (AvgIpc) is 2.30. The van der Waals surface area contributed by atoms with E-state index < -0.39 is 12.6 Å². The summed E-state index contributed by atoms with van der Waals surface area (Å²) in [5, 5.41) is 5.80. The Balaban J connectivity index is 2.16. The molecule has 0 bridgehead atoms. The molecule has 1 rings (SSSR count). The minimum Gasteiger partial charge on any atom is -0.325 e. The maximum atomic E-state index is 11.8. The summed E-state index contributed by atoms with van der Waals surface area (Å²) in [5.74, 6) is -0.311. The molecule has 0 fully saturated rings. The zero-order valence-corrected chi connectivity index (χ0v) is 10.8. The Morgan fingerprint density at radius 3 is 2.42 bits per heavy atom. The normalized spacial score (nSPS) is 11.4. The molecule has 19 heavy (non-hydrogen) atoms. The molecule has 0 unspecified atom stereocenters. The van der Waals surface area contributed by atoms with Crippen LogP contribution in [0.1, 0.15) is 12.8 Å². The second kappa shape index (κ2) is 7.35. The zero-order valence-electron chi connectivity index (χ0n) is 10.1. The van der Waals surface area contributed by atoms with Crippen LogP contribution < -0.4 is 10.6 Å². The van der Waals surface area contributed by atoms with E-state index in [0.29, 0.717) is 10.7 Å². The highest BCUT2D eigenvalue weighted by Gasteiger charge is 2.25. The lowest BCUT2D eigenvalue weighted by molar-refractivity contribution is -0.135. The molecule has 0 radical (unpaired) electrons. The number of hydrogen-bond donors (Lipinski definition) is 2. The third-order valence-electron chi connectivity index (χ3n) is 2.23. The fourth-order valence-electron chi connectivity index (χ4n) is 1.35. The summed E-state index contributed by atoms with van der Waals surface area (Å²) in [6.07, 6.45) is -5.04. The Labute approximate surface area is 114 Å². The van der Waals surface area contributed by atoms with Gasteiger partial charge in [-0.3, -0.25) is 4.79 Å². The van der Waals surface area contributed by atoms with Crippen LogP contribution >= 0.6 is 11.6 Å². The van der Waals surface area contributed by atoms with E-state index in [2.05, 4.69) is 10.6 Å². The van der Waals surface area contributed by atoms with Crippen molar-refractivity contribution in [3.05, 3.63) is 29.3 Å². The fourth-order valence-corrected chi connectivity index (χ4v) is 1.48. The van der Waals surface area contributed by atoms with E-state index in [1.165, 1.54) is 0 Å². The number of carbonyl (C=O) groups is 1.